The smallest absolute Gasteiger partial charge is 0.242 e. The number of aromatic nitrogens is 2. The van der Waals surface area contributed by atoms with Gasteiger partial charge in [0.1, 0.15) is 6.04 Å². The van der Waals surface area contributed by atoms with Crippen molar-refractivity contribution in [1.82, 2.24) is 20.0 Å². The Morgan fingerprint density at radius 2 is 1.96 bits per heavy atom. The quantitative estimate of drug-likeness (QED) is 0.671. The van der Waals surface area contributed by atoms with Crippen molar-refractivity contribution < 1.29 is 4.79 Å². The highest BCUT2D eigenvalue weighted by molar-refractivity contribution is 9.10. The average molecular weight is 439 g/mol. The summed E-state index contributed by atoms with van der Waals surface area (Å²) in [7, 11) is 0. The lowest BCUT2D eigenvalue weighted by molar-refractivity contribution is -0.129. The Bertz CT molecular complexity index is 996. The van der Waals surface area contributed by atoms with Crippen LogP contribution in [0.15, 0.2) is 59.2 Å². The molecule has 1 amide bonds. The molecule has 0 bridgehead atoms. The van der Waals surface area contributed by atoms with Gasteiger partial charge in [-0.15, -0.1) is 0 Å². The van der Waals surface area contributed by atoms with E-state index in [9.17, 15) is 4.79 Å². The van der Waals surface area contributed by atoms with Crippen molar-refractivity contribution >= 4 is 21.8 Å². The van der Waals surface area contributed by atoms with Gasteiger partial charge < -0.3 is 5.32 Å². The molecular weight excluding hydrogens is 416 g/mol. The molecular formula is C22H23BrN4O. The first-order valence-corrected chi connectivity index (χ1v) is 10.2. The maximum absolute atomic E-state index is 12.7. The summed E-state index contributed by atoms with van der Waals surface area (Å²) in [4.78, 5) is 14.9. The zero-order valence-electron chi connectivity index (χ0n) is 16.0. The molecule has 0 saturated carbocycles. The molecule has 2 aromatic carbocycles. The van der Waals surface area contributed by atoms with Gasteiger partial charge in [-0.3, -0.25) is 9.69 Å². The van der Waals surface area contributed by atoms with Gasteiger partial charge >= 0.3 is 0 Å². The van der Waals surface area contributed by atoms with Crippen LogP contribution < -0.4 is 5.32 Å². The van der Waals surface area contributed by atoms with E-state index in [1.165, 1.54) is 0 Å². The van der Waals surface area contributed by atoms with Gasteiger partial charge in [-0.2, -0.15) is 5.10 Å². The molecule has 6 heteroatoms. The summed E-state index contributed by atoms with van der Waals surface area (Å²) in [6, 6.07) is 16.0. The Balaban J connectivity index is 1.61. The molecule has 2 heterocycles. The fourth-order valence-electron chi connectivity index (χ4n) is 3.68. The molecule has 1 atom stereocenters. The minimum atomic E-state index is -0.274. The van der Waals surface area contributed by atoms with Crippen LogP contribution in [0.25, 0.3) is 5.69 Å². The van der Waals surface area contributed by atoms with Gasteiger partial charge in [-0.1, -0.05) is 45.8 Å². The summed E-state index contributed by atoms with van der Waals surface area (Å²) in [5.41, 5.74) is 5.33. The second-order valence-corrected chi connectivity index (χ2v) is 8.15. The maximum Gasteiger partial charge on any atom is 0.242 e. The minimum Gasteiger partial charge on any atom is -0.353 e. The third-order valence-corrected chi connectivity index (χ3v) is 5.66. The van der Waals surface area contributed by atoms with E-state index in [2.05, 4.69) is 56.5 Å². The van der Waals surface area contributed by atoms with Gasteiger partial charge in [0.25, 0.3) is 0 Å². The highest BCUT2D eigenvalue weighted by Crippen LogP contribution is 2.27. The Labute approximate surface area is 173 Å². The Kier molecular flexibility index (Phi) is 5.33. The lowest BCUT2D eigenvalue weighted by Gasteiger charge is -2.35. The van der Waals surface area contributed by atoms with Crippen molar-refractivity contribution in [3.05, 3.63) is 81.6 Å². The fourth-order valence-corrected chi connectivity index (χ4v) is 3.95. The van der Waals surface area contributed by atoms with Crippen molar-refractivity contribution in [2.45, 2.75) is 26.4 Å². The van der Waals surface area contributed by atoms with E-state index in [1.807, 2.05) is 48.0 Å². The number of piperazine rings is 1. The third-order valence-electron chi connectivity index (χ3n) is 5.13. The minimum absolute atomic E-state index is 0.0646. The molecule has 3 aromatic rings. The second kappa shape index (κ2) is 7.89. The summed E-state index contributed by atoms with van der Waals surface area (Å²) in [5, 5.41) is 7.69. The lowest BCUT2D eigenvalue weighted by atomic mass is 10.00. The predicted molar refractivity (Wildman–Crippen MR) is 113 cm³/mol. The molecule has 1 N–H and O–H groups in total. The largest absolute Gasteiger partial charge is 0.353 e. The van der Waals surface area contributed by atoms with Crippen molar-refractivity contribution in [3.8, 4) is 5.69 Å². The maximum atomic E-state index is 12.7. The fraction of sp³-hybridized carbons (Fsp3) is 0.273. The number of hydrogen-bond donors (Lipinski definition) is 1. The van der Waals surface area contributed by atoms with E-state index in [4.69, 9.17) is 0 Å². The zero-order valence-corrected chi connectivity index (χ0v) is 17.6. The molecule has 1 unspecified atom stereocenters. The van der Waals surface area contributed by atoms with E-state index in [1.54, 1.807) is 0 Å². The van der Waals surface area contributed by atoms with Crippen LogP contribution >= 0.6 is 15.9 Å². The Morgan fingerprint density at radius 1 is 1.18 bits per heavy atom. The number of nitrogens with zero attached hydrogens (tertiary/aromatic N) is 3. The van der Waals surface area contributed by atoms with Crippen LogP contribution in [-0.2, 0) is 11.3 Å². The molecule has 5 nitrogen and oxygen atoms in total. The van der Waals surface area contributed by atoms with Crippen LogP contribution in [0.4, 0.5) is 0 Å². The highest BCUT2D eigenvalue weighted by Gasteiger charge is 2.31. The van der Waals surface area contributed by atoms with E-state index >= 15 is 0 Å². The van der Waals surface area contributed by atoms with Gasteiger partial charge in [-0.25, -0.2) is 4.68 Å². The van der Waals surface area contributed by atoms with Crippen LogP contribution in [-0.4, -0.2) is 33.7 Å². The zero-order chi connectivity index (χ0) is 19.7. The molecule has 0 radical (unpaired) electrons. The number of carbonyl (C=O) groups is 1. The van der Waals surface area contributed by atoms with Crippen LogP contribution in [0.3, 0.4) is 0 Å². The second-order valence-electron chi connectivity index (χ2n) is 7.24. The predicted octanol–water partition coefficient (Wildman–Crippen LogP) is 3.92. The van der Waals surface area contributed by atoms with Gasteiger partial charge in [0, 0.05) is 35.9 Å². The molecule has 1 saturated heterocycles. The van der Waals surface area contributed by atoms with Crippen LogP contribution in [0.2, 0.25) is 0 Å². The van der Waals surface area contributed by atoms with Gasteiger partial charge in [0.15, 0.2) is 0 Å². The first-order valence-electron chi connectivity index (χ1n) is 9.41. The summed E-state index contributed by atoms with van der Waals surface area (Å²) < 4.78 is 2.95. The van der Waals surface area contributed by atoms with Crippen molar-refractivity contribution in [3.63, 3.8) is 0 Å². The summed E-state index contributed by atoms with van der Waals surface area (Å²) in [5.74, 6) is 0.0646. The summed E-state index contributed by atoms with van der Waals surface area (Å²) in [6.45, 7) is 6.25. The van der Waals surface area contributed by atoms with Crippen molar-refractivity contribution in [2.24, 2.45) is 0 Å². The highest BCUT2D eigenvalue weighted by atomic mass is 79.9. The molecule has 1 aliphatic heterocycles. The SMILES string of the molecule is Cc1cccc(C2C(=O)NCCN2Cc2cn(-c3ccc(Br)cc3)nc2C)c1. The first kappa shape index (κ1) is 18.9. The van der Waals surface area contributed by atoms with Crippen molar-refractivity contribution in [2.75, 3.05) is 13.1 Å². The van der Waals surface area contributed by atoms with E-state index < -0.39 is 0 Å². The monoisotopic (exact) mass is 438 g/mol. The molecule has 1 aromatic heterocycles. The number of hydrogen-bond acceptors (Lipinski definition) is 3. The van der Waals surface area contributed by atoms with E-state index in [-0.39, 0.29) is 11.9 Å². The normalized spacial score (nSPS) is 17.5. The number of amides is 1. The van der Waals surface area contributed by atoms with Gasteiger partial charge in [-0.05, 0) is 43.7 Å². The number of rotatable bonds is 4. The number of aryl methyl sites for hydroxylation is 2. The standard InChI is InChI=1S/C22H23BrN4O/c1-15-4-3-5-17(12-15)21-22(28)24-10-11-26(21)13-18-14-27(25-16(18)2)20-8-6-19(23)7-9-20/h3-9,12,14,21H,10-11,13H2,1-2H3,(H,24,28). The van der Waals surface area contributed by atoms with Crippen LogP contribution in [0, 0.1) is 13.8 Å². The number of benzene rings is 2. The number of nitrogens with one attached hydrogen (secondary N) is 1. The molecule has 4 rings (SSSR count). The Hall–Kier alpha value is -2.44. The first-order chi connectivity index (χ1) is 13.5. The van der Waals surface area contributed by atoms with Gasteiger partial charge in [0.05, 0.1) is 11.4 Å². The molecule has 28 heavy (non-hydrogen) atoms. The van der Waals surface area contributed by atoms with Crippen molar-refractivity contribution in [1.29, 1.82) is 0 Å². The van der Waals surface area contributed by atoms with E-state index in [0.717, 1.165) is 39.1 Å². The molecule has 1 aliphatic rings. The lowest BCUT2D eigenvalue weighted by Crippen LogP contribution is -2.49. The molecule has 0 aliphatic carbocycles. The summed E-state index contributed by atoms with van der Waals surface area (Å²) >= 11 is 3.47. The average Bonchev–Trinajstić information content (AvgIpc) is 3.03. The molecule has 0 spiro atoms. The molecule has 144 valence electrons. The van der Waals surface area contributed by atoms with Gasteiger partial charge in [0.2, 0.25) is 5.91 Å². The number of halogens is 1. The van der Waals surface area contributed by atoms with Crippen LogP contribution in [0.1, 0.15) is 28.4 Å². The Morgan fingerprint density at radius 3 is 2.71 bits per heavy atom. The number of carbonyl (C=O) groups excluding carboxylic acids is 1. The third kappa shape index (κ3) is 3.88. The topological polar surface area (TPSA) is 50.2 Å². The van der Waals surface area contributed by atoms with E-state index in [0.29, 0.717) is 13.1 Å². The molecule has 1 fully saturated rings. The summed E-state index contributed by atoms with van der Waals surface area (Å²) in [6.07, 6.45) is 2.07. The van der Waals surface area contributed by atoms with Crippen LogP contribution in [0.5, 0.6) is 0 Å².